The molecule has 1 amide bonds. The van der Waals surface area contributed by atoms with Crippen LogP contribution in [0.15, 0.2) is 24.3 Å². The molecule has 0 aromatic heterocycles. The molecule has 0 radical (unpaired) electrons. The van der Waals surface area contributed by atoms with Gasteiger partial charge in [-0.15, -0.1) is 24.8 Å². The number of carbonyl (C=O) groups excluding carboxylic acids is 1. The smallest absolute Gasteiger partial charge is 0.241 e. The molecule has 1 fully saturated rings. The number of piperidine rings is 1. The molecular formula is C16H27Cl2N3O2. The summed E-state index contributed by atoms with van der Waals surface area (Å²) in [5.41, 5.74) is 0.787. The van der Waals surface area contributed by atoms with Gasteiger partial charge >= 0.3 is 0 Å². The maximum absolute atomic E-state index is 12.2. The molecule has 0 bridgehead atoms. The van der Waals surface area contributed by atoms with Crippen LogP contribution in [0.2, 0.25) is 0 Å². The quantitative estimate of drug-likeness (QED) is 0.815. The highest BCUT2D eigenvalue weighted by Gasteiger charge is 2.20. The number of carbonyl (C=O) groups is 1. The summed E-state index contributed by atoms with van der Waals surface area (Å²) in [6.07, 6.45) is 3.17. The van der Waals surface area contributed by atoms with Crippen LogP contribution in [0.3, 0.4) is 0 Å². The van der Waals surface area contributed by atoms with E-state index < -0.39 is 0 Å². The maximum Gasteiger partial charge on any atom is 0.241 e. The Balaban J connectivity index is 0.00000242. The summed E-state index contributed by atoms with van der Waals surface area (Å²) in [7, 11) is 4.02. The molecule has 1 aromatic carbocycles. The summed E-state index contributed by atoms with van der Waals surface area (Å²) in [6.45, 7) is 2.42. The Morgan fingerprint density at radius 3 is 2.78 bits per heavy atom. The Morgan fingerprint density at radius 1 is 1.35 bits per heavy atom. The zero-order valence-corrected chi connectivity index (χ0v) is 15.3. The van der Waals surface area contributed by atoms with E-state index in [-0.39, 0.29) is 36.8 Å². The first kappa shape index (κ1) is 22.0. The topological polar surface area (TPSA) is 53.6 Å². The number of nitrogens with zero attached hydrogens (tertiary/aromatic N) is 1. The normalized spacial score (nSPS) is 16.9. The van der Waals surface area contributed by atoms with Crippen LogP contribution < -0.4 is 15.4 Å². The molecule has 1 aromatic rings. The van der Waals surface area contributed by atoms with E-state index >= 15 is 0 Å². The predicted molar refractivity (Wildman–Crippen MR) is 99.3 cm³/mol. The number of ether oxygens (including phenoxy) is 1. The summed E-state index contributed by atoms with van der Waals surface area (Å²) in [6, 6.07) is 7.49. The van der Waals surface area contributed by atoms with E-state index in [2.05, 4.69) is 15.5 Å². The van der Waals surface area contributed by atoms with Gasteiger partial charge in [-0.05, 0) is 45.6 Å². The van der Waals surface area contributed by atoms with Crippen LogP contribution >= 0.6 is 24.8 Å². The minimum atomic E-state index is -0.0722. The summed E-state index contributed by atoms with van der Waals surface area (Å²) in [5.74, 6) is 0.825. The van der Waals surface area contributed by atoms with E-state index in [0.717, 1.165) is 43.8 Å². The fourth-order valence-corrected chi connectivity index (χ4v) is 2.31. The number of amides is 1. The van der Waals surface area contributed by atoms with Gasteiger partial charge < -0.3 is 20.3 Å². The molecule has 132 valence electrons. The van der Waals surface area contributed by atoms with Gasteiger partial charge in [0.2, 0.25) is 5.91 Å². The van der Waals surface area contributed by atoms with Gasteiger partial charge in [0.05, 0.1) is 6.04 Å². The number of hydrogen-bond donors (Lipinski definition) is 2. The fourth-order valence-electron chi connectivity index (χ4n) is 2.31. The van der Waals surface area contributed by atoms with Crippen LogP contribution in [0.4, 0.5) is 5.69 Å². The monoisotopic (exact) mass is 363 g/mol. The summed E-state index contributed by atoms with van der Waals surface area (Å²) < 4.78 is 5.68. The second kappa shape index (κ2) is 11.5. The third-order valence-electron chi connectivity index (χ3n) is 3.54. The van der Waals surface area contributed by atoms with Crippen molar-refractivity contribution in [1.29, 1.82) is 0 Å². The van der Waals surface area contributed by atoms with Gasteiger partial charge in [0.25, 0.3) is 0 Å². The first-order valence-corrected chi connectivity index (χ1v) is 7.57. The van der Waals surface area contributed by atoms with Crippen molar-refractivity contribution in [3.05, 3.63) is 24.3 Å². The first-order chi connectivity index (χ1) is 10.1. The molecule has 0 aliphatic carbocycles. The minimum Gasteiger partial charge on any atom is -0.492 e. The van der Waals surface area contributed by atoms with E-state index in [4.69, 9.17) is 4.74 Å². The molecule has 23 heavy (non-hydrogen) atoms. The van der Waals surface area contributed by atoms with Gasteiger partial charge in [0.1, 0.15) is 12.4 Å². The van der Waals surface area contributed by atoms with Crippen molar-refractivity contribution >= 4 is 36.4 Å². The van der Waals surface area contributed by atoms with Gasteiger partial charge in [-0.1, -0.05) is 12.5 Å². The third-order valence-corrected chi connectivity index (χ3v) is 3.54. The first-order valence-electron chi connectivity index (χ1n) is 7.57. The van der Waals surface area contributed by atoms with Gasteiger partial charge in [-0.3, -0.25) is 4.79 Å². The van der Waals surface area contributed by atoms with Crippen LogP contribution in [-0.4, -0.2) is 50.6 Å². The molecular weight excluding hydrogens is 337 g/mol. The van der Waals surface area contributed by atoms with Crippen LogP contribution in [-0.2, 0) is 4.79 Å². The lowest BCUT2D eigenvalue weighted by Gasteiger charge is -2.22. The molecule has 1 aliphatic rings. The molecule has 2 N–H and O–H groups in total. The standard InChI is InChI=1S/C16H25N3O2.2ClH/c1-19(2)10-11-21-14-7-5-6-13(12-14)18-16(20)15-8-3-4-9-17-15;;/h5-7,12,15,17H,3-4,8-11H2,1-2H3,(H,18,20);2*1H/t15-;;/m0../s1. The number of hydrogen-bond acceptors (Lipinski definition) is 4. The third kappa shape index (κ3) is 7.88. The Labute approximate surface area is 151 Å². The van der Waals surface area contributed by atoms with E-state index in [0.29, 0.717) is 6.61 Å². The van der Waals surface area contributed by atoms with Crippen molar-refractivity contribution in [1.82, 2.24) is 10.2 Å². The average Bonchev–Trinajstić information content (AvgIpc) is 2.48. The number of benzene rings is 1. The van der Waals surface area contributed by atoms with Crippen LogP contribution in [0.5, 0.6) is 5.75 Å². The van der Waals surface area contributed by atoms with E-state index in [1.165, 1.54) is 0 Å². The Morgan fingerprint density at radius 2 is 2.13 bits per heavy atom. The molecule has 7 heteroatoms. The van der Waals surface area contributed by atoms with E-state index in [1.54, 1.807) is 0 Å². The molecule has 0 spiro atoms. The lowest BCUT2D eigenvalue weighted by molar-refractivity contribution is -0.118. The maximum atomic E-state index is 12.2. The molecule has 5 nitrogen and oxygen atoms in total. The van der Waals surface area contributed by atoms with Crippen LogP contribution in [0.25, 0.3) is 0 Å². The van der Waals surface area contributed by atoms with Crippen molar-refractivity contribution in [2.24, 2.45) is 0 Å². The van der Waals surface area contributed by atoms with E-state index in [1.807, 2.05) is 38.4 Å². The molecule has 1 atom stereocenters. The van der Waals surface area contributed by atoms with Gasteiger partial charge in [0.15, 0.2) is 0 Å². The molecule has 1 aliphatic heterocycles. The second-order valence-corrected chi connectivity index (χ2v) is 5.67. The van der Waals surface area contributed by atoms with Crippen molar-refractivity contribution in [2.75, 3.05) is 39.1 Å². The predicted octanol–water partition coefficient (Wildman–Crippen LogP) is 2.55. The number of rotatable bonds is 6. The van der Waals surface area contributed by atoms with Gasteiger partial charge in [0, 0.05) is 18.3 Å². The van der Waals surface area contributed by atoms with Crippen molar-refractivity contribution < 1.29 is 9.53 Å². The van der Waals surface area contributed by atoms with Crippen LogP contribution in [0, 0.1) is 0 Å². The highest BCUT2D eigenvalue weighted by atomic mass is 35.5. The van der Waals surface area contributed by atoms with Gasteiger partial charge in [-0.2, -0.15) is 0 Å². The average molecular weight is 364 g/mol. The van der Waals surface area contributed by atoms with Crippen molar-refractivity contribution in [2.45, 2.75) is 25.3 Å². The highest BCUT2D eigenvalue weighted by molar-refractivity contribution is 5.95. The Kier molecular flexibility index (Phi) is 11.0. The highest BCUT2D eigenvalue weighted by Crippen LogP contribution is 2.18. The molecule has 1 saturated heterocycles. The Hall–Kier alpha value is -1.01. The second-order valence-electron chi connectivity index (χ2n) is 5.67. The lowest BCUT2D eigenvalue weighted by Crippen LogP contribution is -2.43. The number of nitrogens with one attached hydrogen (secondary N) is 2. The van der Waals surface area contributed by atoms with Crippen molar-refractivity contribution in [3.63, 3.8) is 0 Å². The summed E-state index contributed by atoms with van der Waals surface area (Å²) in [5, 5.41) is 6.21. The molecule has 0 unspecified atom stereocenters. The fraction of sp³-hybridized carbons (Fsp3) is 0.562. The van der Waals surface area contributed by atoms with Crippen molar-refractivity contribution in [3.8, 4) is 5.75 Å². The molecule has 2 rings (SSSR count). The largest absolute Gasteiger partial charge is 0.492 e. The molecule has 0 saturated carbocycles. The minimum absolute atomic E-state index is 0. The summed E-state index contributed by atoms with van der Waals surface area (Å²) >= 11 is 0. The number of halogens is 2. The zero-order valence-electron chi connectivity index (χ0n) is 13.7. The van der Waals surface area contributed by atoms with Crippen LogP contribution in [0.1, 0.15) is 19.3 Å². The van der Waals surface area contributed by atoms with E-state index in [9.17, 15) is 4.79 Å². The lowest BCUT2D eigenvalue weighted by atomic mass is 10.0. The number of likely N-dealkylation sites (N-methyl/N-ethyl adjacent to an activating group) is 1. The zero-order chi connectivity index (χ0) is 15.1. The molecule has 1 heterocycles. The number of anilines is 1. The SMILES string of the molecule is CN(C)CCOc1cccc(NC(=O)[C@@H]2CCCCN2)c1.Cl.Cl. The summed E-state index contributed by atoms with van der Waals surface area (Å²) in [4.78, 5) is 14.2. The Bertz CT molecular complexity index is 466. The van der Waals surface area contributed by atoms with Gasteiger partial charge in [-0.25, -0.2) is 0 Å².